The Morgan fingerprint density at radius 1 is 1.21 bits per heavy atom. The third-order valence-electron chi connectivity index (χ3n) is 2.42. The van der Waals surface area contributed by atoms with E-state index in [9.17, 15) is 12.8 Å². The van der Waals surface area contributed by atoms with Gasteiger partial charge in [0.15, 0.2) is 0 Å². The lowest BCUT2D eigenvalue weighted by atomic mass is 10.3. The zero-order valence-electron chi connectivity index (χ0n) is 10.1. The summed E-state index contributed by atoms with van der Waals surface area (Å²) in [5, 5.41) is 2.74. The number of aromatic nitrogens is 1. The van der Waals surface area contributed by atoms with Crippen LogP contribution in [-0.2, 0) is 10.0 Å². The standard InChI is InChI=1S/C12H12FN3O2S/c1-14-12-8-9(6-7-15-12)19(17,18)16-11-5-3-2-4-10(11)13/h2-8,16H,1H3,(H,14,15). The Morgan fingerprint density at radius 2 is 1.95 bits per heavy atom. The zero-order valence-corrected chi connectivity index (χ0v) is 10.9. The molecule has 2 aromatic rings. The van der Waals surface area contributed by atoms with Crippen molar-refractivity contribution in [3.8, 4) is 0 Å². The van der Waals surface area contributed by atoms with Crippen LogP contribution in [0.4, 0.5) is 15.9 Å². The highest BCUT2D eigenvalue weighted by molar-refractivity contribution is 7.92. The maximum Gasteiger partial charge on any atom is 0.262 e. The minimum atomic E-state index is -3.84. The molecule has 0 atom stereocenters. The summed E-state index contributed by atoms with van der Waals surface area (Å²) in [6.07, 6.45) is 1.36. The first-order valence-electron chi connectivity index (χ1n) is 5.44. The molecule has 0 unspecified atom stereocenters. The second-order valence-corrected chi connectivity index (χ2v) is 5.39. The van der Waals surface area contributed by atoms with Crippen molar-refractivity contribution in [3.63, 3.8) is 0 Å². The van der Waals surface area contributed by atoms with Crippen molar-refractivity contribution in [2.75, 3.05) is 17.1 Å². The summed E-state index contributed by atoms with van der Waals surface area (Å²) in [7, 11) is -2.21. The monoisotopic (exact) mass is 281 g/mol. The molecule has 7 heteroatoms. The number of hydrogen-bond acceptors (Lipinski definition) is 4. The normalized spacial score (nSPS) is 11.1. The van der Waals surface area contributed by atoms with Crippen LogP contribution in [-0.4, -0.2) is 20.4 Å². The summed E-state index contributed by atoms with van der Waals surface area (Å²) in [6.45, 7) is 0. The number of nitrogens with zero attached hydrogens (tertiary/aromatic N) is 1. The Morgan fingerprint density at radius 3 is 2.63 bits per heavy atom. The number of sulfonamides is 1. The highest BCUT2D eigenvalue weighted by Crippen LogP contribution is 2.19. The van der Waals surface area contributed by atoms with Crippen molar-refractivity contribution in [1.82, 2.24) is 4.98 Å². The lowest BCUT2D eigenvalue weighted by Gasteiger charge is -2.09. The average molecular weight is 281 g/mol. The van der Waals surface area contributed by atoms with Gasteiger partial charge in [-0.05, 0) is 18.2 Å². The molecule has 0 saturated carbocycles. The summed E-state index contributed by atoms with van der Waals surface area (Å²) in [5.74, 6) is -0.217. The van der Waals surface area contributed by atoms with Gasteiger partial charge in [-0.1, -0.05) is 12.1 Å². The molecule has 0 aliphatic carbocycles. The van der Waals surface area contributed by atoms with Gasteiger partial charge in [0.2, 0.25) is 0 Å². The van der Waals surface area contributed by atoms with Gasteiger partial charge in [0.1, 0.15) is 11.6 Å². The van der Waals surface area contributed by atoms with Gasteiger partial charge in [-0.2, -0.15) is 0 Å². The van der Waals surface area contributed by atoms with Gasteiger partial charge in [0, 0.05) is 19.3 Å². The van der Waals surface area contributed by atoms with Crippen LogP contribution in [0.3, 0.4) is 0 Å². The Kier molecular flexibility index (Phi) is 3.66. The highest BCUT2D eigenvalue weighted by atomic mass is 32.2. The molecule has 19 heavy (non-hydrogen) atoms. The first-order chi connectivity index (χ1) is 9.03. The molecular formula is C12H12FN3O2S. The second-order valence-electron chi connectivity index (χ2n) is 3.71. The van der Waals surface area contributed by atoms with Crippen LogP contribution >= 0.6 is 0 Å². The molecule has 1 aromatic heterocycles. The van der Waals surface area contributed by atoms with Crippen molar-refractivity contribution >= 4 is 21.5 Å². The zero-order chi connectivity index (χ0) is 13.9. The number of pyridine rings is 1. The minimum Gasteiger partial charge on any atom is -0.373 e. The van der Waals surface area contributed by atoms with Crippen molar-refractivity contribution in [1.29, 1.82) is 0 Å². The maximum atomic E-state index is 13.4. The predicted molar refractivity (Wildman–Crippen MR) is 71.0 cm³/mol. The summed E-state index contributed by atoms with van der Waals surface area (Å²) in [5.41, 5.74) is -0.0923. The van der Waals surface area contributed by atoms with Gasteiger partial charge in [0.25, 0.3) is 10.0 Å². The van der Waals surface area contributed by atoms with E-state index in [2.05, 4.69) is 15.0 Å². The molecule has 0 spiro atoms. The number of anilines is 2. The van der Waals surface area contributed by atoms with Gasteiger partial charge in [-0.3, -0.25) is 4.72 Å². The number of para-hydroxylation sites is 1. The van der Waals surface area contributed by atoms with E-state index in [0.717, 1.165) is 0 Å². The van der Waals surface area contributed by atoms with Gasteiger partial charge >= 0.3 is 0 Å². The number of hydrogen-bond donors (Lipinski definition) is 2. The molecule has 0 fully saturated rings. The molecule has 0 aliphatic rings. The Bertz CT molecular complexity index is 689. The molecular weight excluding hydrogens is 269 g/mol. The van der Waals surface area contributed by atoms with Gasteiger partial charge in [-0.25, -0.2) is 17.8 Å². The molecule has 2 N–H and O–H groups in total. The van der Waals surface area contributed by atoms with Crippen LogP contribution in [0.2, 0.25) is 0 Å². The fourth-order valence-corrected chi connectivity index (χ4v) is 2.54. The van der Waals surface area contributed by atoms with E-state index < -0.39 is 15.8 Å². The molecule has 1 aromatic carbocycles. The molecule has 0 bridgehead atoms. The number of benzene rings is 1. The van der Waals surface area contributed by atoms with E-state index >= 15 is 0 Å². The largest absolute Gasteiger partial charge is 0.373 e. The first-order valence-corrected chi connectivity index (χ1v) is 6.92. The number of rotatable bonds is 4. The van der Waals surface area contributed by atoms with E-state index in [-0.39, 0.29) is 10.6 Å². The first kappa shape index (κ1) is 13.3. The van der Waals surface area contributed by atoms with E-state index in [1.54, 1.807) is 13.1 Å². The van der Waals surface area contributed by atoms with Gasteiger partial charge in [-0.15, -0.1) is 0 Å². The van der Waals surface area contributed by atoms with Crippen LogP contribution < -0.4 is 10.0 Å². The van der Waals surface area contributed by atoms with Crippen LogP contribution in [0, 0.1) is 5.82 Å². The SMILES string of the molecule is CNc1cc(S(=O)(=O)Nc2ccccc2F)ccn1. The Labute approximate surface area is 110 Å². The maximum absolute atomic E-state index is 13.4. The van der Waals surface area contributed by atoms with Gasteiger partial charge < -0.3 is 5.32 Å². The number of nitrogens with one attached hydrogen (secondary N) is 2. The molecule has 0 saturated heterocycles. The fourth-order valence-electron chi connectivity index (χ4n) is 1.46. The summed E-state index contributed by atoms with van der Waals surface area (Å²) in [4.78, 5) is 3.93. The molecule has 0 amide bonds. The van der Waals surface area contributed by atoms with E-state index in [0.29, 0.717) is 5.82 Å². The average Bonchev–Trinajstić information content (AvgIpc) is 2.41. The minimum absolute atomic E-state index is 0.00935. The van der Waals surface area contributed by atoms with Crippen molar-refractivity contribution in [2.45, 2.75) is 4.90 Å². The molecule has 0 aliphatic heterocycles. The Hall–Kier alpha value is -2.15. The topological polar surface area (TPSA) is 71.1 Å². The smallest absolute Gasteiger partial charge is 0.262 e. The summed E-state index contributed by atoms with van der Waals surface area (Å²) >= 11 is 0. The third-order valence-corrected chi connectivity index (χ3v) is 3.78. The molecule has 0 radical (unpaired) electrons. The van der Waals surface area contributed by atoms with Crippen molar-refractivity contribution < 1.29 is 12.8 Å². The van der Waals surface area contributed by atoms with Crippen LogP contribution in [0.25, 0.3) is 0 Å². The summed E-state index contributed by atoms with van der Waals surface area (Å²) in [6, 6.07) is 8.27. The fraction of sp³-hybridized carbons (Fsp3) is 0.0833. The molecule has 5 nitrogen and oxygen atoms in total. The molecule has 2 rings (SSSR count). The molecule has 1 heterocycles. The predicted octanol–water partition coefficient (Wildman–Crippen LogP) is 2.06. The van der Waals surface area contributed by atoms with E-state index in [4.69, 9.17) is 0 Å². The van der Waals surface area contributed by atoms with Crippen molar-refractivity contribution in [2.24, 2.45) is 0 Å². The lowest BCUT2D eigenvalue weighted by Crippen LogP contribution is -2.14. The highest BCUT2D eigenvalue weighted by Gasteiger charge is 2.16. The quantitative estimate of drug-likeness (QED) is 0.900. The molecule has 100 valence electrons. The van der Waals surface area contributed by atoms with Crippen LogP contribution in [0.5, 0.6) is 0 Å². The van der Waals surface area contributed by atoms with Crippen LogP contribution in [0.1, 0.15) is 0 Å². The number of halogens is 1. The van der Waals surface area contributed by atoms with E-state index in [1.807, 2.05) is 0 Å². The second kappa shape index (κ2) is 5.23. The van der Waals surface area contributed by atoms with Gasteiger partial charge in [0.05, 0.1) is 10.6 Å². The van der Waals surface area contributed by atoms with Crippen molar-refractivity contribution in [3.05, 3.63) is 48.4 Å². The Balaban J connectivity index is 2.35. The lowest BCUT2D eigenvalue weighted by molar-refractivity contribution is 0.598. The summed E-state index contributed by atoms with van der Waals surface area (Å²) < 4.78 is 39.8. The van der Waals surface area contributed by atoms with E-state index in [1.165, 1.54) is 36.5 Å². The third kappa shape index (κ3) is 3.00. The van der Waals surface area contributed by atoms with Crippen LogP contribution in [0.15, 0.2) is 47.5 Å².